The van der Waals surface area contributed by atoms with Crippen molar-refractivity contribution in [1.29, 1.82) is 0 Å². The number of hydrogen-bond donors (Lipinski definition) is 1. The van der Waals surface area contributed by atoms with Crippen LogP contribution in [0, 0.1) is 0 Å². The molecule has 0 saturated carbocycles. The zero-order valence-corrected chi connectivity index (χ0v) is 10.4. The lowest BCUT2D eigenvalue weighted by Gasteiger charge is -2.07. The van der Waals surface area contributed by atoms with E-state index in [4.69, 9.17) is 10.5 Å². The molecule has 1 aromatic heterocycles. The first-order valence-electron chi connectivity index (χ1n) is 5.39. The number of pyridine rings is 1. The number of nitrogens with zero attached hydrogens (tertiary/aromatic N) is 1. The predicted octanol–water partition coefficient (Wildman–Crippen LogP) is 3.21. The molecule has 3 nitrogen and oxygen atoms in total. The van der Waals surface area contributed by atoms with Crippen molar-refractivity contribution in [3.05, 3.63) is 42.7 Å². The standard InChI is InChI=1S/C13H14N2OS/c1-2-16-11-7-10(14)8-13(9-11)17-12-3-5-15-6-4-12/h3-9H,2,14H2,1H3. The van der Waals surface area contributed by atoms with Gasteiger partial charge in [-0.15, -0.1) is 0 Å². The first kappa shape index (κ1) is 11.8. The average molecular weight is 246 g/mol. The summed E-state index contributed by atoms with van der Waals surface area (Å²) < 4.78 is 5.46. The third-order valence-electron chi connectivity index (χ3n) is 2.10. The van der Waals surface area contributed by atoms with E-state index >= 15 is 0 Å². The van der Waals surface area contributed by atoms with Crippen molar-refractivity contribution in [2.45, 2.75) is 16.7 Å². The van der Waals surface area contributed by atoms with Crippen LogP contribution >= 0.6 is 11.8 Å². The molecule has 88 valence electrons. The van der Waals surface area contributed by atoms with Crippen LogP contribution < -0.4 is 10.5 Å². The van der Waals surface area contributed by atoms with Gasteiger partial charge < -0.3 is 10.5 Å². The largest absolute Gasteiger partial charge is 0.494 e. The SMILES string of the molecule is CCOc1cc(N)cc(Sc2ccncc2)c1. The Kier molecular flexibility index (Phi) is 3.88. The zero-order chi connectivity index (χ0) is 12.1. The van der Waals surface area contributed by atoms with E-state index in [9.17, 15) is 0 Å². The van der Waals surface area contributed by atoms with Crippen molar-refractivity contribution >= 4 is 17.4 Å². The number of benzene rings is 1. The fraction of sp³-hybridized carbons (Fsp3) is 0.154. The Bertz CT molecular complexity index is 488. The predicted molar refractivity (Wildman–Crippen MR) is 70.4 cm³/mol. The van der Waals surface area contributed by atoms with Crippen LogP contribution in [0.15, 0.2) is 52.5 Å². The molecule has 0 spiro atoms. The Morgan fingerprint density at radius 3 is 2.65 bits per heavy atom. The second-order valence-electron chi connectivity index (χ2n) is 3.46. The van der Waals surface area contributed by atoms with Gasteiger partial charge in [0, 0.05) is 33.9 Å². The van der Waals surface area contributed by atoms with Crippen molar-refractivity contribution in [2.75, 3.05) is 12.3 Å². The van der Waals surface area contributed by atoms with Crippen LogP contribution in [-0.4, -0.2) is 11.6 Å². The van der Waals surface area contributed by atoms with E-state index in [1.54, 1.807) is 24.2 Å². The molecule has 0 saturated heterocycles. The summed E-state index contributed by atoms with van der Waals surface area (Å²) in [6, 6.07) is 9.70. The first-order chi connectivity index (χ1) is 8.28. The number of anilines is 1. The maximum atomic E-state index is 5.84. The Hall–Kier alpha value is -1.68. The lowest BCUT2D eigenvalue weighted by molar-refractivity contribution is 0.339. The monoisotopic (exact) mass is 246 g/mol. The van der Waals surface area contributed by atoms with Crippen molar-refractivity contribution in [3.8, 4) is 5.75 Å². The van der Waals surface area contributed by atoms with Crippen LogP contribution in [0.1, 0.15) is 6.92 Å². The summed E-state index contributed by atoms with van der Waals surface area (Å²) in [5.41, 5.74) is 6.55. The number of rotatable bonds is 4. The Morgan fingerprint density at radius 2 is 1.94 bits per heavy atom. The van der Waals surface area contributed by atoms with Gasteiger partial charge >= 0.3 is 0 Å². The highest BCUT2D eigenvalue weighted by Crippen LogP contribution is 2.31. The second-order valence-corrected chi connectivity index (χ2v) is 4.60. The zero-order valence-electron chi connectivity index (χ0n) is 9.59. The molecule has 0 fully saturated rings. The summed E-state index contributed by atoms with van der Waals surface area (Å²) in [4.78, 5) is 6.19. The molecule has 0 aliphatic carbocycles. The average Bonchev–Trinajstić information content (AvgIpc) is 2.30. The van der Waals surface area contributed by atoms with Crippen LogP contribution in [0.25, 0.3) is 0 Å². The summed E-state index contributed by atoms with van der Waals surface area (Å²) in [6.45, 7) is 2.60. The summed E-state index contributed by atoms with van der Waals surface area (Å²) in [5, 5.41) is 0. The minimum atomic E-state index is 0.642. The van der Waals surface area contributed by atoms with Crippen molar-refractivity contribution < 1.29 is 4.74 Å². The van der Waals surface area contributed by atoms with Crippen molar-refractivity contribution in [3.63, 3.8) is 0 Å². The molecule has 0 amide bonds. The normalized spacial score (nSPS) is 10.2. The maximum Gasteiger partial charge on any atom is 0.122 e. The van der Waals surface area contributed by atoms with Gasteiger partial charge in [0.2, 0.25) is 0 Å². The number of ether oxygens (including phenoxy) is 1. The highest BCUT2D eigenvalue weighted by atomic mass is 32.2. The van der Waals surface area contributed by atoms with Gasteiger partial charge in [-0.2, -0.15) is 0 Å². The Balaban J connectivity index is 2.21. The fourth-order valence-electron chi connectivity index (χ4n) is 1.45. The van der Waals surface area contributed by atoms with E-state index in [2.05, 4.69) is 4.98 Å². The molecule has 1 aromatic carbocycles. The molecular formula is C13H14N2OS. The van der Waals surface area contributed by atoms with Crippen LogP contribution in [-0.2, 0) is 0 Å². The van der Waals surface area contributed by atoms with Gasteiger partial charge in [-0.1, -0.05) is 11.8 Å². The molecule has 17 heavy (non-hydrogen) atoms. The smallest absolute Gasteiger partial charge is 0.122 e. The van der Waals surface area contributed by atoms with E-state index in [-0.39, 0.29) is 0 Å². The second kappa shape index (κ2) is 5.59. The van der Waals surface area contributed by atoms with Gasteiger partial charge in [-0.05, 0) is 31.2 Å². The number of nitrogen functional groups attached to an aromatic ring is 1. The summed E-state index contributed by atoms with van der Waals surface area (Å²) >= 11 is 1.64. The van der Waals surface area contributed by atoms with Gasteiger partial charge in [0.05, 0.1) is 6.61 Å². The quantitative estimate of drug-likeness (QED) is 0.841. The van der Waals surface area contributed by atoms with Crippen LogP contribution in [0.4, 0.5) is 5.69 Å². The van der Waals surface area contributed by atoms with E-state index < -0.39 is 0 Å². The van der Waals surface area contributed by atoms with Gasteiger partial charge in [0.15, 0.2) is 0 Å². The Labute approximate surface area is 105 Å². The number of nitrogens with two attached hydrogens (primary N) is 1. The lowest BCUT2D eigenvalue weighted by Crippen LogP contribution is -1.93. The van der Waals surface area contributed by atoms with Gasteiger partial charge in [0.25, 0.3) is 0 Å². The topological polar surface area (TPSA) is 48.1 Å². The molecular weight excluding hydrogens is 232 g/mol. The van der Waals surface area contributed by atoms with Gasteiger partial charge in [-0.3, -0.25) is 4.98 Å². The van der Waals surface area contributed by atoms with E-state index in [0.717, 1.165) is 15.5 Å². The minimum absolute atomic E-state index is 0.642. The molecule has 0 unspecified atom stereocenters. The van der Waals surface area contributed by atoms with Gasteiger partial charge in [-0.25, -0.2) is 0 Å². The van der Waals surface area contributed by atoms with E-state index in [1.165, 1.54) is 0 Å². The van der Waals surface area contributed by atoms with Gasteiger partial charge in [0.1, 0.15) is 5.75 Å². The summed E-state index contributed by atoms with van der Waals surface area (Å²) in [5.74, 6) is 0.809. The van der Waals surface area contributed by atoms with Crippen LogP contribution in [0.3, 0.4) is 0 Å². The Morgan fingerprint density at radius 1 is 1.18 bits per heavy atom. The highest BCUT2D eigenvalue weighted by molar-refractivity contribution is 7.99. The molecule has 0 aliphatic heterocycles. The van der Waals surface area contributed by atoms with Crippen LogP contribution in [0.2, 0.25) is 0 Å². The van der Waals surface area contributed by atoms with E-state index in [0.29, 0.717) is 12.3 Å². The summed E-state index contributed by atoms with van der Waals surface area (Å²) in [6.07, 6.45) is 3.55. The van der Waals surface area contributed by atoms with Crippen molar-refractivity contribution in [1.82, 2.24) is 4.98 Å². The number of aromatic nitrogens is 1. The molecule has 0 bridgehead atoms. The molecule has 2 aromatic rings. The molecule has 2 rings (SSSR count). The summed E-state index contributed by atoms with van der Waals surface area (Å²) in [7, 11) is 0. The third-order valence-corrected chi connectivity index (χ3v) is 3.08. The third kappa shape index (κ3) is 3.39. The maximum absolute atomic E-state index is 5.84. The lowest BCUT2D eigenvalue weighted by atomic mass is 10.3. The fourth-order valence-corrected chi connectivity index (χ4v) is 2.35. The molecule has 4 heteroatoms. The van der Waals surface area contributed by atoms with E-state index in [1.807, 2.05) is 37.3 Å². The minimum Gasteiger partial charge on any atom is -0.494 e. The first-order valence-corrected chi connectivity index (χ1v) is 6.21. The molecule has 0 aliphatic rings. The van der Waals surface area contributed by atoms with Crippen molar-refractivity contribution in [2.24, 2.45) is 0 Å². The molecule has 1 heterocycles. The molecule has 2 N–H and O–H groups in total. The van der Waals surface area contributed by atoms with Crippen LogP contribution in [0.5, 0.6) is 5.75 Å². The highest BCUT2D eigenvalue weighted by Gasteiger charge is 2.02. The molecule has 0 radical (unpaired) electrons. The number of hydrogen-bond acceptors (Lipinski definition) is 4. The molecule has 0 atom stereocenters.